The highest BCUT2D eigenvalue weighted by Gasteiger charge is 2.52. The number of rotatable bonds is 8. The van der Waals surface area contributed by atoms with Crippen LogP contribution in [0.5, 0.6) is 0 Å². The third-order valence-electron chi connectivity index (χ3n) is 9.19. The second-order valence-corrected chi connectivity index (χ2v) is 12.1. The van der Waals surface area contributed by atoms with E-state index in [0.29, 0.717) is 22.6 Å². The molecule has 2 saturated carbocycles. The topological polar surface area (TPSA) is 72.3 Å². The normalized spacial score (nSPS) is 24.0. The molecule has 12 heteroatoms. The number of nitrogens with zero attached hydrogens (tertiary/aromatic N) is 4. The van der Waals surface area contributed by atoms with E-state index in [2.05, 4.69) is 22.4 Å². The Kier molecular flexibility index (Phi) is 6.92. The number of amides is 1. The number of ether oxygens (including phenoxy) is 1. The molecule has 0 unspecified atom stereocenters. The highest BCUT2D eigenvalue weighted by molar-refractivity contribution is 6.10. The highest BCUT2D eigenvalue weighted by Crippen LogP contribution is 2.51. The Labute approximate surface area is 240 Å². The van der Waals surface area contributed by atoms with Crippen molar-refractivity contribution in [3.05, 3.63) is 76.4 Å². The number of hydrogen-bond donors (Lipinski definition) is 1. The van der Waals surface area contributed by atoms with E-state index in [1.54, 1.807) is 41.9 Å². The van der Waals surface area contributed by atoms with Gasteiger partial charge in [-0.15, -0.1) is 10.2 Å². The van der Waals surface area contributed by atoms with E-state index in [-0.39, 0.29) is 42.1 Å². The van der Waals surface area contributed by atoms with Crippen molar-refractivity contribution in [1.82, 2.24) is 20.1 Å². The van der Waals surface area contributed by atoms with E-state index < -0.39 is 35.8 Å². The first-order valence-electron chi connectivity index (χ1n) is 14.0. The van der Waals surface area contributed by atoms with Gasteiger partial charge in [0.2, 0.25) is 0 Å². The standard InChI is InChI=1S/C30H32F5N5O2/c1-17(37-28(2)8-5-9-28)18-10-22-23(24(11-18)30(33,34)35)15-40(25(22)41)20-7-4-6-19(12-20)29(26-38-36-16-39(26)3)13-21(14-29)42-27(31)32/h4,6-7,10-12,16-17,21,27,37H,5,8-9,13-15H2,1-3H3/t17-,21?,29?/m1/s1. The first-order valence-corrected chi connectivity index (χ1v) is 14.0. The van der Waals surface area contributed by atoms with Crippen LogP contribution in [0.1, 0.15) is 90.4 Å². The van der Waals surface area contributed by atoms with Crippen LogP contribution in [0.4, 0.5) is 27.6 Å². The van der Waals surface area contributed by atoms with Gasteiger partial charge in [-0.2, -0.15) is 22.0 Å². The van der Waals surface area contributed by atoms with Crippen molar-refractivity contribution in [2.24, 2.45) is 7.05 Å². The number of benzene rings is 2. The number of anilines is 1. The molecule has 224 valence electrons. The molecule has 2 fully saturated rings. The number of aromatic nitrogens is 3. The minimum Gasteiger partial charge on any atom is -0.320 e. The molecule has 3 aromatic rings. The third-order valence-corrected chi connectivity index (χ3v) is 9.19. The van der Waals surface area contributed by atoms with Gasteiger partial charge in [0.25, 0.3) is 5.91 Å². The zero-order valence-electron chi connectivity index (χ0n) is 23.5. The number of aryl methyl sites for hydroxylation is 1. The lowest BCUT2D eigenvalue weighted by atomic mass is 9.62. The average Bonchev–Trinajstić information content (AvgIpc) is 3.46. The second-order valence-electron chi connectivity index (χ2n) is 12.1. The summed E-state index contributed by atoms with van der Waals surface area (Å²) in [7, 11) is 1.75. The Morgan fingerprint density at radius 2 is 1.88 bits per heavy atom. The lowest BCUT2D eigenvalue weighted by Gasteiger charge is -2.46. The predicted octanol–water partition coefficient (Wildman–Crippen LogP) is 6.28. The molecule has 0 bridgehead atoms. The molecule has 2 aromatic carbocycles. The predicted molar refractivity (Wildman–Crippen MR) is 144 cm³/mol. The van der Waals surface area contributed by atoms with Gasteiger partial charge in [-0.1, -0.05) is 12.1 Å². The maximum Gasteiger partial charge on any atom is 0.416 e. The van der Waals surface area contributed by atoms with Gasteiger partial charge >= 0.3 is 12.8 Å². The quantitative estimate of drug-likeness (QED) is 0.314. The van der Waals surface area contributed by atoms with Gasteiger partial charge in [0.05, 0.1) is 23.6 Å². The maximum absolute atomic E-state index is 14.3. The average molecular weight is 590 g/mol. The van der Waals surface area contributed by atoms with Crippen molar-refractivity contribution in [3.63, 3.8) is 0 Å². The largest absolute Gasteiger partial charge is 0.416 e. The van der Waals surface area contributed by atoms with Crippen molar-refractivity contribution < 1.29 is 31.5 Å². The number of alkyl halides is 5. The van der Waals surface area contributed by atoms with E-state index >= 15 is 0 Å². The summed E-state index contributed by atoms with van der Waals surface area (Å²) >= 11 is 0. The smallest absolute Gasteiger partial charge is 0.320 e. The maximum atomic E-state index is 14.3. The van der Waals surface area contributed by atoms with Crippen LogP contribution >= 0.6 is 0 Å². The van der Waals surface area contributed by atoms with Crippen LogP contribution in [0, 0.1) is 0 Å². The third kappa shape index (κ3) is 4.88. The zero-order valence-corrected chi connectivity index (χ0v) is 23.5. The molecule has 1 aromatic heterocycles. The highest BCUT2D eigenvalue weighted by atomic mass is 19.4. The molecule has 1 atom stereocenters. The van der Waals surface area contributed by atoms with Crippen LogP contribution < -0.4 is 10.2 Å². The molecule has 1 amide bonds. The van der Waals surface area contributed by atoms with Crippen LogP contribution in [0.3, 0.4) is 0 Å². The number of carbonyl (C=O) groups is 1. The summed E-state index contributed by atoms with van der Waals surface area (Å²) in [5.74, 6) is 0.0345. The monoisotopic (exact) mass is 589 g/mol. The summed E-state index contributed by atoms with van der Waals surface area (Å²) in [6.45, 7) is 0.728. The Hall–Kier alpha value is -3.38. The van der Waals surface area contributed by atoms with Gasteiger partial charge in [0.1, 0.15) is 12.2 Å². The van der Waals surface area contributed by atoms with Gasteiger partial charge in [0, 0.05) is 29.9 Å². The molecule has 2 heterocycles. The van der Waals surface area contributed by atoms with Gasteiger partial charge < -0.3 is 19.5 Å². The Morgan fingerprint density at radius 1 is 1.14 bits per heavy atom. The minimum atomic E-state index is -4.64. The van der Waals surface area contributed by atoms with Crippen molar-refractivity contribution in [2.45, 2.75) is 88.4 Å². The lowest BCUT2D eigenvalue weighted by molar-refractivity contribution is -0.192. The van der Waals surface area contributed by atoms with Crippen molar-refractivity contribution in [2.75, 3.05) is 4.90 Å². The van der Waals surface area contributed by atoms with Gasteiger partial charge in [-0.25, -0.2) is 0 Å². The summed E-state index contributed by atoms with van der Waals surface area (Å²) in [6, 6.07) is 9.27. The summed E-state index contributed by atoms with van der Waals surface area (Å²) in [5.41, 5.74) is -0.245. The molecule has 42 heavy (non-hydrogen) atoms. The first-order chi connectivity index (χ1) is 19.8. The zero-order chi connectivity index (χ0) is 30.0. The van der Waals surface area contributed by atoms with Crippen molar-refractivity contribution >= 4 is 11.6 Å². The molecule has 3 aliphatic rings. The van der Waals surface area contributed by atoms with Gasteiger partial charge in [-0.05, 0) is 86.9 Å². The van der Waals surface area contributed by atoms with Crippen LogP contribution in [-0.4, -0.2) is 38.9 Å². The number of nitrogens with one attached hydrogen (secondary N) is 1. The fraction of sp³-hybridized carbons (Fsp3) is 0.500. The number of hydrogen-bond acceptors (Lipinski definition) is 5. The van der Waals surface area contributed by atoms with Crippen LogP contribution in [0.2, 0.25) is 0 Å². The van der Waals surface area contributed by atoms with Gasteiger partial charge in [0.15, 0.2) is 0 Å². The summed E-state index contributed by atoms with van der Waals surface area (Å²) < 4.78 is 75.3. The first kappa shape index (κ1) is 28.7. The van der Waals surface area contributed by atoms with E-state index in [9.17, 15) is 26.7 Å². The summed E-state index contributed by atoms with van der Waals surface area (Å²) in [5, 5.41) is 11.6. The Morgan fingerprint density at radius 3 is 2.48 bits per heavy atom. The molecule has 1 N–H and O–H groups in total. The number of halogens is 5. The van der Waals surface area contributed by atoms with Crippen LogP contribution in [0.25, 0.3) is 0 Å². The fourth-order valence-electron chi connectivity index (χ4n) is 6.79. The van der Waals surface area contributed by atoms with E-state index in [1.165, 1.54) is 11.2 Å². The van der Waals surface area contributed by atoms with E-state index in [0.717, 1.165) is 25.3 Å². The van der Waals surface area contributed by atoms with E-state index in [1.807, 2.05) is 6.92 Å². The Balaban J connectivity index is 1.34. The minimum absolute atomic E-state index is 0.0368. The molecule has 6 rings (SSSR count). The summed E-state index contributed by atoms with van der Waals surface area (Å²) in [6.07, 6.45) is -0.434. The number of carbonyl (C=O) groups excluding carboxylic acids is 1. The molecule has 7 nitrogen and oxygen atoms in total. The second kappa shape index (κ2) is 10.1. The molecular weight excluding hydrogens is 557 g/mol. The fourth-order valence-corrected chi connectivity index (χ4v) is 6.79. The van der Waals surface area contributed by atoms with Crippen LogP contribution in [-0.2, 0) is 29.9 Å². The SMILES string of the molecule is C[C@@H](NC1(C)CCC1)c1cc2c(c(C(F)(F)F)c1)CN(c1cccc(C3(c4nncn4C)CC(OC(F)F)C3)c1)C2=O. The van der Waals surface area contributed by atoms with Gasteiger partial charge in [-0.3, -0.25) is 4.79 Å². The Bertz CT molecular complexity index is 1510. The molecular formula is C30H32F5N5O2. The number of fused-ring (bicyclic) bond motifs is 1. The summed E-state index contributed by atoms with van der Waals surface area (Å²) in [4.78, 5) is 15.1. The lowest BCUT2D eigenvalue weighted by Crippen LogP contribution is -2.49. The van der Waals surface area contributed by atoms with Crippen molar-refractivity contribution in [3.8, 4) is 0 Å². The molecule has 0 radical (unpaired) electrons. The molecule has 1 aliphatic heterocycles. The molecule has 2 aliphatic carbocycles. The molecule has 0 saturated heterocycles. The van der Waals surface area contributed by atoms with E-state index in [4.69, 9.17) is 4.74 Å². The van der Waals surface area contributed by atoms with Crippen LogP contribution in [0.15, 0.2) is 42.7 Å². The van der Waals surface area contributed by atoms with Crippen molar-refractivity contribution in [1.29, 1.82) is 0 Å². The molecule has 0 spiro atoms.